The number of rotatable bonds is 18. The van der Waals surface area contributed by atoms with E-state index in [-0.39, 0.29) is 0 Å². The highest BCUT2D eigenvalue weighted by molar-refractivity contribution is 4.92. The zero-order valence-corrected chi connectivity index (χ0v) is 15.7. The van der Waals surface area contributed by atoms with E-state index in [1.165, 1.54) is 83.5 Å². The molecule has 1 radical (unpaired) electrons. The summed E-state index contributed by atoms with van der Waals surface area (Å²) in [5.74, 6) is 0. The van der Waals surface area contributed by atoms with Gasteiger partial charge in [-0.15, -0.1) is 0 Å². The van der Waals surface area contributed by atoms with Crippen LogP contribution in [-0.2, 0) is 4.74 Å². The molecule has 0 saturated heterocycles. The molecule has 0 aromatic heterocycles. The molecule has 0 aromatic rings. The minimum atomic E-state index is 0.615. The maximum absolute atomic E-state index is 5.24. The lowest BCUT2D eigenvalue weighted by molar-refractivity contribution is 0.156. The fraction of sp³-hybridized carbons (Fsp3) is 0.773. The van der Waals surface area contributed by atoms with Gasteiger partial charge in [0.05, 0.1) is 0 Å². The molecule has 0 rings (SSSR count). The van der Waals surface area contributed by atoms with E-state index in [2.05, 4.69) is 38.2 Å². The normalized spacial score (nSPS) is 11.9. The molecule has 0 spiro atoms. The molecule has 0 aromatic carbocycles. The van der Waals surface area contributed by atoms with Crippen molar-refractivity contribution in [2.24, 2.45) is 0 Å². The third-order valence-corrected chi connectivity index (χ3v) is 4.13. The molecule has 0 N–H and O–H groups in total. The van der Waals surface area contributed by atoms with Crippen LogP contribution in [-0.4, -0.2) is 13.2 Å². The van der Waals surface area contributed by atoms with Gasteiger partial charge in [-0.25, -0.2) is 0 Å². The van der Waals surface area contributed by atoms with Crippen LogP contribution in [0.3, 0.4) is 0 Å². The van der Waals surface area contributed by atoms with Crippen molar-refractivity contribution in [3.8, 4) is 0 Å². The van der Waals surface area contributed by atoms with Gasteiger partial charge in [0.1, 0.15) is 0 Å². The van der Waals surface area contributed by atoms with E-state index in [1.54, 1.807) is 0 Å². The van der Waals surface area contributed by atoms with Crippen LogP contribution in [0.15, 0.2) is 24.3 Å². The van der Waals surface area contributed by atoms with Gasteiger partial charge in [0.15, 0.2) is 0 Å². The number of unbranched alkanes of at least 4 members (excludes halogenated alkanes) is 11. The summed E-state index contributed by atoms with van der Waals surface area (Å²) in [6.45, 7) is 7.44. The average Bonchev–Trinajstić information content (AvgIpc) is 2.57. The molecule has 0 atom stereocenters. The molecular formula is C22H41O. The molecule has 0 bridgehead atoms. The van der Waals surface area contributed by atoms with Crippen molar-refractivity contribution in [3.05, 3.63) is 31.2 Å². The highest BCUT2D eigenvalue weighted by atomic mass is 16.5. The van der Waals surface area contributed by atoms with E-state index in [9.17, 15) is 0 Å². The highest BCUT2D eigenvalue weighted by Gasteiger charge is 1.92. The molecule has 0 unspecified atom stereocenters. The maximum Gasteiger partial charge on any atom is 0.0466 e. The van der Waals surface area contributed by atoms with Gasteiger partial charge in [-0.2, -0.15) is 0 Å². The quantitative estimate of drug-likeness (QED) is 0.188. The predicted octanol–water partition coefficient (Wildman–Crippen LogP) is 7.43. The molecule has 0 heterocycles. The fourth-order valence-corrected chi connectivity index (χ4v) is 2.65. The smallest absolute Gasteiger partial charge is 0.0466 e. The van der Waals surface area contributed by atoms with E-state index < -0.39 is 0 Å². The number of allylic oxidation sites excluding steroid dienone is 4. The zero-order valence-electron chi connectivity index (χ0n) is 15.7. The first-order valence-corrected chi connectivity index (χ1v) is 10.1. The van der Waals surface area contributed by atoms with Gasteiger partial charge in [-0.1, -0.05) is 82.6 Å². The molecule has 0 fully saturated rings. The van der Waals surface area contributed by atoms with Crippen molar-refractivity contribution in [2.45, 2.75) is 96.8 Å². The van der Waals surface area contributed by atoms with E-state index >= 15 is 0 Å². The first-order valence-electron chi connectivity index (χ1n) is 10.1. The van der Waals surface area contributed by atoms with Crippen molar-refractivity contribution in [2.75, 3.05) is 13.2 Å². The standard InChI is InChI=1S/C22H41O/c1-3-5-6-7-8-9-10-11-12-13-14-15-16-17-18-19-20-21-22-23-4-2/h8-9,11-12H,2-7,10,13-22H2,1H3/b9-8-,12-11-. The van der Waals surface area contributed by atoms with Gasteiger partial charge in [0.25, 0.3) is 0 Å². The van der Waals surface area contributed by atoms with Crippen molar-refractivity contribution in [1.82, 2.24) is 0 Å². The second-order valence-corrected chi connectivity index (χ2v) is 6.40. The topological polar surface area (TPSA) is 9.23 Å². The van der Waals surface area contributed by atoms with E-state index in [4.69, 9.17) is 4.74 Å². The maximum atomic E-state index is 5.24. The Kier molecular flexibility index (Phi) is 20.9. The Morgan fingerprint density at radius 3 is 1.74 bits per heavy atom. The summed E-state index contributed by atoms with van der Waals surface area (Å²) in [6.07, 6.45) is 27.8. The summed E-state index contributed by atoms with van der Waals surface area (Å²) in [5.41, 5.74) is 0. The van der Waals surface area contributed by atoms with Crippen molar-refractivity contribution < 1.29 is 4.74 Å². The fourth-order valence-electron chi connectivity index (χ4n) is 2.65. The largest absolute Gasteiger partial charge is 0.381 e. The number of hydrogen-bond acceptors (Lipinski definition) is 1. The molecule has 135 valence electrons. The van der Waals surface area contributed by atoms with Gasteiger partial charge in [-0.3, -0.25) is 0 Å². The molecule has 0 aliphatic rings. The highest BCUT2D eigenvalue weighted by Crippen LogP contribution is 2.10. The van der Waals surface area contributed by atoms with E-state index in [0.29, 0.717) is 6.61 Å². The molecule has 0 saturated carbocycles. The summed E-state index contributed by atoms with van der Waals surface area (Å²) >= 11 is 0. The second kappa shape index (κ2) is 21.4. The van der Waals surface area contributed by atoms with Crippen LogP contribution in [0.5, 0.6) is 0 Å². The Bertz CT molecular complexity index is 255. The SMILES string of the molecule is [CH2]COCCCCCCCCCC/C=C\C/C=C\CCCCC. The Balaban J connectivity index is 3.10. The number of ether oxygens (including phenoxy) is 1. The van der Waals surface area contributed by atoms with Crippen LogP contribution >= 0.6 is 0 Å². The van der Waals surface area contributed by atoms with Gasteiger partial charge in [-0.05, 0) is 45.4 Å². The summed E-state index contributed by atoms with van der Waals surface area (Å²) in [4.78, 5) is 0. The van der Waals surface area contributed by atoms with Gasteiger partial charge in [0.2, 0.25) is 0 Å². The molecule has 0 amide bonds. The van der Waals surface area contributed by atoms with E-state index in [1.807, 2.05) is 0 Å². The first kappa shape index (κ1) is 22.4. The first-order chi connectivity index (χ1) is 11.4. The third-order valence-electron chi connectivity index (χ3n) is 4.13. The lowest BCUT2D eigenvalue weighted by Gasteiger charge is -2.02. The average molecular weight is 322 g/mol. The Morgan fingerprint density at radius 1 is 0.652 bits per heavy atom. The van der Waals surface area contributed by atoms with Gasteiger partial charge < -0.3 is 4.74 Å². The summed E-state index contributed by atoms with van der Waals surface area (Å²) in [6, 6.07) is 0. The third kappa shape index (κ3) is 21.4. The van der Waals surface area contributed by atoms with Crippen LogP contribution in [0.4, 0.5) is 0 Å². The van der Waals surface area contributed by atoms with Gasteiger partial charge in [0, 0.05) is 13.2 Å². The predicted molar refractivity (Wildman–Crippen MR) is 105 cm³/mol. The molecule has 0 aliphatic carbocycles. The second-order valence-electron chi connectivity index (χ2n) is 6.40. The van der Waals surface area contributed by atoms with Crippen LogP contribution in [0.1, 0.15) is 96.8 Å². The van der Waals surface area contributed by atoms with Crippen LogP contribution in [0.2, 0.25) is 0 Å². The summed E-state index contributed by atoms with van der Waals surface area (Å²) in [5, 5.41) is 0. The minimum absolute atomic E-state index is 0.615. The van der Waals surface area contributed by atoms with Crippen LogP contribution in [0.25, 0.3) is 0 Å². The zero-order chi connectivity index (χ0) is 16.8. The lowest BCUT2D eigenvalue weighted by atomic mass is 10.1. The van der Waals surface area contributed by atoms with Crippen molar-refractivity contribution in [1.29, 1.82) is 0 Å². The summed E-state index contributed by atoms with van der Waals surface area (Å²) < 4.78 is 5.24. The minimum Gasteiger partial charge on any atom is -0.381 e. The molecule has 1 heteroatoms. The van der Waals surface area contributed by atoms with Crippen molar-refractivity contribution in [3.63, 3.8) is 0 Å². The molecule has 23 heavy (non-hydrogen) atoms. The van der Waals surface area contributed by atoms with Crippen molar-refractivity contribution >= 4 is 0 Å². The Morgan fingerprint density at radius 2 is 1.17 bits per heavy atom. The monoisotopic (exact) mass is 321 g/mol. The molecular weight excluding hydrogens is 280 g/mol. The van der Waals surface area contributed by atoms with E-state index in [0.717, 1.165) is 13.0 Å². The molecule has 0 aliphatic heterocycles. The Labute approximate surface area is 146 Å². The molecule has 1 nitrogen and oxygen atoms in total. The van der Waals surface area contributed by atoms with Crippen LogP contribution in [0, 0.1) is 6.92 Å². The van der Waals surface area contributed by atoms with Gasteiger partial charge >= 0.3 is 0 Å². The number of hydrogen-bond donors (Lipinski definition) is 0. The lowest BCUT2D eigenvalue weighted by Crippen LogP contribution is -1.93. The Hall–Kier alpha value is -0.560. The van der Waals surface area contributed by atoms with Crippen LogP contribution < -0.4 is 0 Å². The summed E-state index contributed by atoms with van der Waals surface area (Å²) in [7, 11) is 0.